The van der Waals surface area contributed by atoms with Crippen LogP contribution in [-0.2, 0) is 9.53 Å². The predicted octanol–water partition coefficient (Wildman–Crippen LogP) is 1.21. The van der Waals surface area contributed by atoms with E-state index in [2.05, 4.69) is 5.32 Å². The van der Waals surface area contributed by atoms with E-state index in [0.717, 1.165) is 0 Å². The summed E-state index contributed by atoms with van der Waals surface area (Å²) in [4.78, 5) is 11.3. The molecule has 0 radical (unpaired) electrons. The second-order valence-electron chi connectivity index (χ2n) is 4.00. The number of nitrogens with one attached hydrogen (secondary N) is 1. The number of anilines is 1. The first-order valence-electron chi connectivity index (χ1n) is 5.26. The van der Waals surface area contributed by atoms with E-state index in [1.807, 2.05) is 6.07 Å². The molecular weight excluding hydrogens is 220 g/mol. The van der Waals surface area contributed by atoms with E-state index in [-0.39, 0.29) is 6.61 Å². The molecule has 1 atom stereocenters. The highest BCUT2D eigenvalue weighted by molar-refractivity contribution is 5.83. The molecule has 88 valence electrons. The Labute approximate surface area is 98.6 Å². The first-order valence-corrected chi connectivity index (χ1v) is 5.26. The van der Waals surface area contributed by atoms with Crippen molar-refractivity contribution in [2.24, 2.45) is 0 Å². The Balaban J connectivity index is 2.18. The van der Waals surface area contributed by atoms with E-state index < -0.39 is 11.5 Å². The molecule has 0 saturated carbocycles. The number of benzene rings is 1. The van der Waals surface area contributed by atoms with Gasteiger partial charge in [0, 0.05) is 18.7 Å². The normalized spacial score (nSPS) is 23.0. The van der Waals surface area contributed by atoms with E-state index in [1.165, 1.54) is 0 Å². The molecule has 0 bridgehead atoms. The number of hydrogen-bond donors (Lipinski definition) is 2. The van der Waals surface area contributed by atoms with Crippen LogP contribution in [0, 0.1) is 11.3 Å². The lowest BCUT2D eigenvalue weighted by Gasteiger charge is -2.24. The Morgan fingerprint density at radius 2 is 2.18 bits per heavy atom. The third kappa shape index (κ3) is 2.22. The first-order chi connectivity index (χ1) is 8.16. The molecule has 0 aliphatic carbocycles. The van der Waals surface area contributed by atoms with E-state index in [1.54, 1.807) is 24.3 Å². The first kappa shape index (κ1) is 11.4. The summed E-state index contributed by atoms with van der Waals surface area (Å²) in [5.74, 6) is -0.917. The molecule has 1 saturated heterocycles. The third-order valence-corrected chi connectivity index (χ3v) is 2.83. The molecule has 2 rings (SSSR count). The average molecular weight is 232 g/mol. The third-order valence-electron chi connectivity index (χ3n) is 2.83. The van der Waals surface area contributed by atoms with Crippen LogP contribution in [0.2, 0.25) is 0 Å². The van der Waals surface area contributed by atoms with Gasteiger partial charge in [-0.05, 0) is 24.3 Å². The monoisotopic (exact) mass is 232 g/mol. The fourth-order valence-electron chi connectivity index (χ4n) is 1.79. The molecule has 0 amide bonds. The van der Waals surface area contributed by atoms with E-state index >= 15 is 0 Å². The Kier molecular flexibility index (Phi) is 2.98. The molecule has 1 aliphatic rings. The van der Waals surface area contributed by atoms with Crippen molar-refractivity contribution in [3.63, 3.8) is 0 Å². The molecule has 1 heterocycles. The van der Waals surface area contributed by atoms with Crippen molar-refractivity contribution in [3.05, 3.63) is 29.8 Å². The summed E-state index contributed by atoms with van der Waals surface area (Å²) in [5.41, 5.74) is 0.174. The molecule has 0 aromatic heterocycles. The van der Waals surface area contributed by atoms with Gasteiger partial charge in [-0.1, -0.05) is 0 Å². The predicted molar refractivity (Wildman–Crippen MR) is 60.6 cm³/mol. The number of carboxylic acid groups (broad SMARTS) is 1. The number of rotatable bonds is 3. The maximum Gasteiger partial charge on any atom is 0.331 e. The molecule has 1 unspecified atom stereocenters. The molecule has 1 aromatic rings. The highest BCUT2D eigenvalue weighted by atomic mass is 16.5. The Hall–Kier alpha value is -2.06. The summed E-state index contributed by atoms with van der Waals surface area (Å²) >= 11 is 0. The number of carboxylic acids is 1. The van der Waals surface area contributed by atoms with Crippen molar-refractivity contribution in [1.82, 2.24) is 0 Å². The van der Waals surface area contributed by atoms with Gasteiger partial charge in [-0.2, -0.15) is 5.26 Å². The van der Waals surface area contributed by atoms with Crippen LogP contribution in [0.5, 0.6) is 0 Å². The quantitative estimate of drug-likeness (QED) is 0.818. The van der Waals surface area contributed by atoms with Crippen LogP contribution in [0.3, 0.4) is 0 Å². The second-order valence-corrected chi connectivity index (χ2v) is 4.00. The summed E-state index contributed by atoms with van der Waals surface area (Å²) in [6, 6.07) is 8.70. The smallest absolute Gasteiger partial charge is 0.331 e. The van der Waals surface area contributed by atoms with Gasteiger partial charge < -0.3 is 15.2 Å². The van der Waals surface area contributed by atoms with Crippen molar-refractivity contribution in [2.75, 3.05) is 18.5 Å². The van der Waals surface area contributed by atoms with E-state index in [4.69, 9.17) is 10.00 Å². The molecule has 1 aliphatic heterocycles. The summed E-state index contributed by atoms with van der Waals surface area (Å²) in [6.45, 7) is 0.595. The molecule has 2 N–H and O–H groups in total. The fraction of sp³-hybridized carbons (Fsp3) is 0.333. The van der Waals surface area contributed by atoms with Gasteiger partial charge in [0.25, 0.3) is 0 Å². The van der Waals surface area contributed by atoms with Crippen LogP contribution in [0.15, 0.2) is 24.3 Å². The summed E-state index contributed by atoms with van der Waals surface area (Å²) in [6.07, 6.45) is 0.433. The van der Waals surface area contributed by atoms with Gasteiger partial charge in [0.15, 0.2) is 5.54 Å². The summed E-state index contributed by atoms with van der Waals surface area (Å²) in [7, 11) is 0. The standard InChI is InChI=1S/C12H12N2O3/c13-7-9-1-3-10(4-2-9)14-12(11(15)16)5-6-17-8-12/h1-4,14H,5-6,8H2,(H,15,16). The van der Waals surface area contributed by atoms with Gasteiger partial charge >= 0.3 is 5.97 Å². The lowest BCUT2D eigenvalue weighted by Crippen LogP contribution is -2.47. The minimum atomic E-state index is -1.05. The average Bonchev–Trinajstić information content (AvgIpc) is 2.80. The topological polar surface area (TPSA) is 82.4 Å². The highest BCUT2D eigenvalue weighted by Gasteiger charge is 2.42. The summed E-state index contributed by atoms with van der Waals surface area (Å²) < 4.78 is 5.14. The Morgan fingerprint density at radius 1 is 1.47 bits per heavy atom. The van der Waals surface area contributed by atoms with Crippen molar-refractivity contribution >= 4 is 11.7 Å². The minimum Gasteiger partial charge on any atom is -0.479 e. The van der Waals surface area contributed by atoms with Gasteiger partial charge in [-0.15, -0.1) is 0 Å². The number of nitrogens with zero attached hydrogens (tertiary/aromatic N) is 1. The van der Waals surface area contributed by atoms with Gasteiger partial charge in [-0.3, -0.25) is 0 Å². The molecule has 5 nitrogen and oxygen atoms in total. The van der Waals surface area contributed by atoms with Crippen LogP contribution in [0.4, 0.5) is 5.69 Å². The maximum atomic E-state index is 11.3. The highest BCUT2D eigenvalue weighted by Crippen LogP contribution is 2.24. The maximum absolute atomic E-state index is 11.3. The zero-order valence-corrected chi connectivity index (χ0v) is 9.14. The molecule has 17 heavy (non-hydrogen) atoms. The fourth-order valence-corrected chi connectivity index (χ4v) is 1.79. The second kappa shape index (κ2) is 4.44. The number of aliphatic carboxylic acids is 1. The lowest BCUT2D eigenvalue weighted by atomic mass is 9.98. The zero-order chi connectivity index (χ0) is 12.3. The SMILES string of the molecule is N#Cc1ccc(NC2(C(=O)O)CCOC2)cc1. The van der Waals surface area contributed by atoms with Crippen molar-refractivity contribution in [1.29, 1.82) is 5.26 Å². The van der Waals surface area contributed by atoms with Gasteiger partial charge in [-0.25, -0.2) is 4.79 Å². The molecule has 0 spiro atoms. The van der Waals surface area contributed by atoms with Crippen molar-refractivity contribution in [2.45, 2.75) is 12.0 Å². The van der Waals surface area contributed by atoms with E-state index in [9.17, 15) is 9.90 Å². The van der Waals surface area contributed by atoms with Gasteiger partial charge in [0.1, 0.15) is 0 Å². The van der Waals surface area contributed by atoms with Crippen LogP contribution in [0.25, 0.3) is 0 Å². The number of hydrogen-bond acceptors (Lipinski definition) is 4. The zero-order valence-electron chi connectivity index (χ0n) is 9.14. The number of carbonyl (C=O) groups is 1. The largest absolute Gasteiger partial charge is 0.479 e. The molecular formula is C12H12N2O3. The molecule has 5 heteroatoms. The van der Waals surface area contributed by atoms with Gasteiger partial charge in [0.05, 0.1) is 18.2 Å². The van der Waals surface area contributed by atoms with Crippen LogP contribution in [-0.4, -0.2) is 29.8 Å². The van der Waals surface area contributed by atoms with Gasteiger partial charge in [0.2, 0.25) is 0 Å². The number of nitriles is 1. The van der Waals surface area contributed by atoms with E-state index in [0.29, 0.717) is 24.3 Å². The molecule has 1 aromatic carbocycles. The van der Waals surface area contributed by atoms with Crippen molar-refractivity contribution < 1.29 is 14.6 Å². The van der Waals surface area contributed by atoms with Crippen molar-refractivity contribution in [3.8, 4) is 6.07 Å². The summed E-state index contributed by atoms with van der Waals surface area (Å²) in [5, 5.41) is 20.9. The molecule has 1 fully saturated rings. The van der Waals surface area contributed by atoms with Crippen LogP contribution < -0.4 is 5.32 Å². The number of ether oxygens (including phenoxy) is 1. The minimum absolute atomic E-state index is 0.155. The van der Waals surface area contributed by atoms with Crippen LogP contribution >= 0.6 is 0 Å². The Morgan fingerprint density at radius 3 is 2.65 bits per heavy atom. The Bertz CT molecular complexity index is 456. The lowest BCUT2D eigenvalue weighted by molar-refractivity contribution is -0.142. The van der Waals surface area contributed by atoms with Crippen LogP contribution in [0.1, 0.15) is 12.0 Å².